The number of aromatic nitrogens is 1. The van der Waals surface area contributed by atoms with E-state index in [2.05, 4.69) is 10.3 Å². The number of anilines is 2. The molecular formula is C28H26N2O4S. The van der Waals surface area contributed by atoms with Gasteiger partial charge in [0.1, 0.15) is 5.75 Å². The van der Waals surface area contributed by atoms with Crippen molar-refractivity contribution in [3.05, 3.63) is 72.3 Å². The van der Waals surface area contributed by atoms with Gasteiger partial charge < -0.3 is 15.2 Å². The third-order valence-electron chi connectivity index (χ3n) is 6.48. The molecule has 1 aliphatic carbocycles. The van der Waals surface area contributed by atoms with Crippen molar-refractivity contribution in [3.8, 4) is 16.9 Å². The number of carboxylic acid groups (broad SMARTS) is 1. The number of hydrogen-bond acceptors (Lipinski definition) is 6. The zero-order chi connectivity index (χ0) is 24.4. The standard InChI is InChI=1S/C28H26N2O4S/c1-2-34-21-14-15-24-25(16-21)35-28(30-24)29-20-12-10-18(11-13-20)17-6-8-19(9-7-17)26(31)22-4-3-5-23(22)27(32)33/h6-16,22-23H,2-5H2,1H3,(H,29,30)(H,32,33)/t22-,23-/m1/s1. The van der Waals surface area contributed by atoms with Crippen LogP contribution in [0.2, 0.25) is 0 Å². The summed E-state index contributed by atoms with van der Waals surface area (Å²) in [4.78, 5) is 29.0. The number of carbonyl (C=O) groups excluding carboxylic acids is 1. The zero-order valence-electron chi connectivity index (χ0n) is 19.4. The Morgan fingerprint density at radius 3 is 2.37 bits per heavy atom. The molecule has 1 aliphatic rings. The lowest BCUT2D eigenvalue weighted by Crippen LogP contribution is -2.25. The number of nitrogens with one attached hydrogen (secondary N) is 1. The van der Waals surface area contributed by atoms with Crippen LogP contribution in [0.3, 0.4) is 0 Å². The number of fused-ring (bicyclic) bond motifs is 1. The molecule has 0 unspecified atom stereocenters. The lowest BCUT2D eigenvalue weighted by molar-refractivity contribution is -0.142. The Morgan fingerprint density at radius 2 is 1.69 bits per heavy atom. The molecule has 6 nitrogen and oxygen atoms in total. The molecule has 35 heavy (non-hydrogen) atoms. The average molecular weight is 487 g/mol. The van der Waals surface area contributed by atoms with Crippen molar-refractivity contribution in [2.75, 3.05) is 11.9 Å². The van der Waals surface area contributed by atoms with Gasteiger partial charge >= 0.3 is 5.97 Å². The SMILES string of the molecule is CCOc1ccc2nc(Nc3ccc(-c4ccc(C(=O)[C@@H]5CCC[C@H]5C(=O)O)cc4)cc3)sc2c1. The number of thiazole rings is 1. The number of nitrogens with zero attached hydrogens (tertiary/aromatic N) is 1. The Labute approximate surface area is 207 Å². The molecule has 7 heteroatoms. The minimum Gasteiger partial charge on any atom is -0.494 e. The number of ether oxygens (including phenoxy) is 1. The molecule has 2 N–H and O–H groups in total. The van der Waals surface area contributed by atoms with E-state index in [0.29, 0.717) is 25.0 Å². The maximum Gasteiger partial charge on any atom is 0.307 e. The van der Waals surface area contributed by atoms with E-state index in [1.807, 2.05) is 61.5 Å². The summed E-state index contributed by atoms with van der Waals surface area (Å²) >= 11 is 1.58. The van der Waals surface area contributed by atoms with Crippen LogP contribution in [-0.4, -0.2) is 28.4 Å². The van der Waals surface area contributed by atoms with Crippen LogP contribution < -0.4 is 10.1 Å². The molecule has 0 aliphatic heterocycles. The van der Waals surface area contributed by atoms with E-state index in [9.17, 15) is 14.7 Å². The van der Waals surface area contributed by atoms with E-state index in [4.69, 9.17) is 4.74 Å². The fourth-order valence-electron chi connectivity index (χ4n) is 4.69. The summed E-state index contributed by atoms with van der Waals surface area (Å²) in [6, 6.07) is 21.4. The van der Waals surface area contributed by atoms with E-state index in [0.717, 1.165) is 44.3 Å². The molecule has 1 heterocycles. The highest BCUT2D eigenvalue weighted by molar-refractivity contribution is 7.22. The Balaban J connectivity index is 1.27. The first-order valence-corrected chi connectivity index (χ1v) is 12.6. The van der Waals surface area contributed by atoms with Crippen molar-refractivity contribution in [1.82, 2.24) is 4.98 Å². The fraction of sp³-hybridized carbons (Fsp3) is 0.250. The quantitative estimate of drug-likeness (QED) is 0.267. The van der Waals surface area contributed by atoms with Gasteiger partial charge in [-0.05, 0) is 61.2 Å². The maximum absolute atomic E-state index is 12.9. The third-order valence-corrected chi connectivity index (χ3v) is 7.41. The summed E-state index contributed by atoms with van der Waals surface area (Å²) in [6.45, 7) is 2.60. The number of hydrogen-bond donors (Lipinski definition) is 2. The maximum atomic E-state index is 12.9. The van der Waals surface area contributed by atoms with Gasteiger partial charge in [0.2, 0.25) is 0 Å². The molecule has 5 rings (SSSR count). The normalized spacial score (nSPS) is 17.4. The molecule has 1 saturated carbocycles. The van der Waals surface area contributed by atoms with E-state index < -0.39 is 17.8 Å². The fourth-order valence-corrected chi connectivity index (χ4v) is 5.61. The van der Waals surface area contributed by atoms with Gasteiger partial charge in [0.15, 0.2) is 10.9 Å². The Hall–Kier alpha value is -3.71. The summed E-state index contributed by atoms with van der Waals surface area (Å²) < 4.78 is 6.64. The van der Waals surface area contributed by atoms with Crippen molar-refractivity contribution >= 4 is 44.1 Å². The van der Waals surface area contributed by atoms with Crippen molar-refractivity contribution in [1.29, 1.82) is 0 Å². The van der Waals surface area contributed by atoms with Gasteiger partial charge in [-0.2, -0.15) is 0 Å². The average Bonchev–Trinajstić information content (AvgIpc) is 3.51. The second kappa shape index (κ2) is 9.88. The number of benzene rings is 3. The van der Waals surface area contributed by atoms with Gasteiger partial charge in [0.05, 0.1) is 22.7 Å². The third kappa shape index (κ3) is 4.91. The van der Waals surface area contributed by atoms with Crippen molar-refractivity contribution < 1.29 is 19.4 Å². The number of ketones is 1. The Kier molecular flexibility index (Phi) is 6.51. The summed E-state index contributed by atoms with van der Waals surface area (Å²) in [6.07, 6.45) is 2.01. The smallest absolute Gasteiger partial charge is 0.307 e. The van der Waals surface area contributed by atoms with Crippen LogP contribution in [0.5, 0.6) is 5.75 Å². The van der Waals surface area contributed by atoms with Gasteiger partial charge in [-0.1, -0.05) is 54.2 Å². The molecule has 0 radical (unpaired) electrons. The van der Waals surface area contributed by atoms with Crippen LogP contribution >= 0.6 is 11.3 Å². The Morgan fingerprint density at radius 1 is 1.00 bits per heavy atom. The number of carbonyl (C=O) groups is 2. The van der Waals surface area contributed by atoms with Crippen molar-refractivity contribution in [2.24, 2.45) is 11.8 Å². The molecule has 2 atom stereocenters. The molecule has 0 spiro atoms. The largest absolute Gasteiger partial charge is 0.494 e. The first-order valence-electron chi connectivity index (χ1n) is 11.8. The molecule has 4 aromatic rings. The number of Topliss-reactive ketones (excluding diaryl/α,β-unsaturated/α-hetero) is 1. The zero-order valence-corrected chi connectivity index (χ0v) is 20.2. The summed E-state index contributed by atoms with van der Waals surface area (Å²) in [5.74, 6) is -1.07. The summed E-state index contributed by atoms with van der Waals surface area (Å²) in [5, 5.41) is 13.6. The van der Waals surface area contributed by atoms with Crippen LogP contribution in [0.15, 0.2) is 66.7 Å². The number of carboxylic acids is 1. The van der Waals surface area contributed by atoms with Crippen LogP contribution in [0.25, 0.3) is 21.3 Å². The molecule has 0 amide bonds. The lowest BCUT2D eigenvalue weighted by Gasteiger charge is -2.14. The van der Waals surface area contributed by atoms with Crippen molar-refractivity contribution in [3.63, 3.8) is 0 Å². The number of rotatable bonds is 8. The monoisotopic (exact) mass is 486 g/mol. The highest BCUT2D eigenvalue weighted by Gasteiger charge is 2.37. The molecule has 0 bridgehead atoms. The molecule has 1 aromatic heterocycles. The first-order chi connectivity index (χ1) is 17.0. The highest BCUT2D eigenvalue weighted by Crippen LogP contribution is 2.35. The van der Waals surface area contributed by atoms with Crippen LogP contribution in [0.1, 0.15) is 36.5 Å². The van der Waals surface area contributed by atoms with E-state index in [1.165, 1.54) is 0 Å². The number of aliphatic carboxylic acids is 1. The Bertz CT molecular complexity index is 1360. The van der Waals surface area contributed by atoms with Gasteiger partial charge in [-0.15, -0.1) is 0 Å². The first kappa shape index (κ1) is 23.1. The second-order valence-electron chi connectivity index (χ2n) is 8.71. The molecular weight excluding hydrogens is 460 g/mol. The second-order valence-corrected chi connectivity index (χ2v) is 9.74. The minimum atomic E-state index is -0.868. The molecule has 3 aromatic carbocycles. The van der Waals surface area contributed by atoms with E-state index in [-0.39, 0.29) is 5.78 Å². The minimum absolute atomic E-state index is 0.0646. The predicted molar refractivity (Wildman–Crippen MR) is 139 cm³/mol. The van der Waals surface area contributed by atoms with Crippen LogP contribution in [0.4, 0.5) is 10.8 Å². The van der Waals surface area contributed by atoms with Crippen LogP contribution in [-0.2, 0) is 4.79 Å². The predicted octanol–water partition coefficient (Wildman–Crippen LogP) is 6.79. The van der Waals surface area contributed by atoms with Crippen molar-refractivity contribution in [2.45, 2.75) is 26.2 Å². The van der Waals surface area contributed by atoms with E-state index >= 15 is 0 Å². The summed E-state index contributed by atoms with van der Waals surface area (Å²) in [7, 11) is 0. The molecule has 178 valence electrons. The van der Waals surface area contributed by atoms with Crippen LogP contribution in [0, 0.1) is 11.8 Å². The van der Waals surface area contributed by atoms with Gasteiger partial charge in [0, 0.05) is 17.2 Å². The lowest BCUT2D eigenvalue weighted by atomic mass is 9.88. The van der Waals surface area contributed by atoms with Gasteiger partial charge in [0.25, 0.3) is 0 Å². The van der Waals surface area contributed by atoms with Gasteiger partial charge in [-0.3, -0.25) is 9.59 Å². The molecule has 1 fully saturated rings. The topological polar surface area (TPSA) is 88.5 Å². The van der Waals surface area contributed by atoms with Gasteiger partial charge in [-0.25, -0.2) is 4.98 Å². The van der Waals surface area contributed by atoms with E-state index in [1.54, 1.807) is 23.5 Å². The highest BCUT2D eigenvalue weighted by atomic mass is 32.1. The molecule has 0 saturated heterocycles. The summed E-state index contributed by atoms with van der Waals surface area (Å²) in [5.41, 5.74) is 4.47.